The smallest absolute Gasteiger partial charge is 0.422 e. The molecule has 3 rings (SSSR count). The monoisotopic (exact) mass is 330 g/mol. The van der Waals surface area contributed by atoms with Crippen LogP contribution in [-0.2, 0) is 16.4 Å². The number of nitrogens with zero attached hydrogens (tertiary/aromatic N) is 2. The van der Waals surface area contributed by atoms with Crippen molar-refractivity contribution in [2.45, 2.75) is 18.2 Å². The third-order valence-electron chi connectivity index (χ3n) is 3.60. The Balaban J connectivity index is 2.36. The normalized spacial score (nSPS) is 11.8. The zero-order valence-electron chi connectivity index (χ0n) is 12.4. The van der Waals surface area contributed by atoms with E-state index in [0.29, 0.717) is 11.8 Å². The molecule has 0 atom stereocenters. The molecule has 0 aliphatic carbocycles. The molecule has 1 aromatic carbocycles. The first-order valence-corrected chi connectivity index (χ1v) is 8.57. The van der Waals surface area contributed by atoms with Crippen LogP contribution < -0.4 is 5.59 Å². The molecule has 8 heteroatoms. The van der Waals surface area contributed by atoms with Crippen molar-refractivity contribution in [3.63, 3.8) is 0 Å². The van der Waals surface area contributed by atoms with Crippen LogP contribution in [0.2, 0.25) is 0 Å². The van der Waals surface area contributed by atoms with Gasteiger partial charge in [-0.1, -0.05) is 25.1 Å². The second-order valence-corrected chi connectivity index (χ2v) is 6.88. The van der Waals surface area contributed by atoms with Crippen LogP contribution in [0, 0.1) is 0 Å². The molecule has 2 heterocycles. The molecular weight excluding hydrogens is 315 g/mol. The summed E-state index contributed by atoms with van der Waals surface area (Å²) in [7, 11) is -5.91. The van der Waals surface area contributed by atoms with Gasteiger partial charge in [-0.2, -0.15) is 0 Å². The van der Waals surface area contributed by atoms with Gasteiger partial charge < -0.3 is 10.0 Å². The van der Waals surface area contributed by atoms with E-state index in [-0.39, 0.29) is 16.1 Å². The summed E-state index contributed by atoms with van der Waals surface area (Å²) in [6.07, 6.45) is 0.642. The van der Waals surface area contributed by atoms with Crippen LogP contribution >= 0.6 is 0 Å². The molecule has 0 aliphatic rings. The highest BCUT2D eigenvalue weighted by atomic mass is 32.2. The maximum absolute atomic E-state index is 12.9. The Hall–Kier alpha value is -2.16. The van der Waals surface area contributed by atoms with Crippen molar-refractivity contribution in [2.24, 2.45) is 0 Å². The lowest BCUT2D eigenvalue weighted by Crippen LogP contribution is -2.39. The van der Waals surface area contributed by atoms with E-state index < -0.39 is 17.1 Å². The minimum Gasteiger partial charge on any atom is -0.422 e. The average molecular weight is 330 g/mol. The first-order valence-electron chi connectivity index (χ1n) is 7.13. The molecule has 0 bridgehead atoms. The topological polar surface area (TPSA) is 92.4 Å². The van der Waals surface area contributed by atoms with Crippen molar-refractivity contribution < 1.29 is 18.5 Å². The third kappa shape index (κ3) is 2.65. The van der Waals surface area contributed by atoms with Crippen LogP contribution in [0.4, 0.5) is 0 Å². The average Bonchev–Trinajstić information content (AvgIpc) is 2.95. The lowest BCUT2D eigenvalue weighted by molar-refractivity contribution is 0.423. The van der Waals surface area contributed by atoms with Crippen LogP contribution in [0.5, 0.6) is 0 Å². The fourth-order valence-corrected chi connectivity index (χ4v) is 3.95. The molecule has 0 spiro atoms. The number of hydrogen-bond donors (Lipinski definition) is 2. The van der Waals surface area contributed by atoms with Gasteiger partial charge in [0.25, 0.3) is 10.0 Å². The Bertz CT molecular complexity index is 952. The summed E-state index contributed by atoms with van der Waals surface area (Å²) in [4.78, 5) is 4.41. The molecule has 23 heavy (non-hydrogen) atoms. The summed E-state index contributed by atoms with van der Waals surface area (Å²) in [5.41, 5.74) is 0.778. The zero-order chi connectivity index (χ0) is 16.6. The Morgan fingerprint density at radius 2 is 1.83 bits per heavy atom. The van der Waals surface area contributed by atoms with E-state index in [0.717, 1.165) is 9.67 Å². The molecule has 2 N–H and O–H groups in total. The number of benzene rings is 1. The number of fused-ring (bicyclic) bond motifs is 1. The van der Waals surface area contributed by atoms with E-state index in [1.165, 1.54) is 18.2 Å². The number of aromatic nitrogens is 2. The predicted octanol–water partition coefficient (Wildman–Crippen LogP) is 0.516. The minimum atomic E-state index is -3.99. The van der Waals surface area contributed by atoms with Crippen LogP contribution in [0.25, 0.3) is 11.0 Å². The molecule has 0 aliphatic heterocycles. The number of pyridine rings is 1. The molecule has 0 saturated heterocycles. The summed E-state index contributed by atoms with van der Waals surface area (Å²) in [5, 5.41) is 19.7. The van der Waals surface area contributed by atoms with Gasteiger partial charge in [0.15, 0.2) is 5.65 Å². The van der Waals surface area contributed by atoms with Gasteiger partial charge in [-0.15, -0.1) is 0 Å². The Morgan fingerprint density at radius 3 is 2.43 bits per heavy atom. The first-order chi connectivity index (χ1) is 10.9. The highest BCUT2D eigenvalue weighted by Crippen LogP contribution is 2.20. The molecular formula is C15H15BN2O4S. The highest BCUT2D eigenvalue weighted by Gasteiger charge is 2.29. The molecule has 6 nitrogen and oxygen atoms in total. The summed E-state index contributed by atoms with van der Waals surface area (Å²) in [6.45, 7) is 1.91. The van der Waals surface area contributed by atoms with Gasteiger partial charge in [0.05, 0.1) is 10.5 Å². The van der Waals surface area contributed by atoms with Gasteiger partial charge in [-0.05, 0) is 36.8 Å². The maximum Gasteiger partial charge on any atom is 0.507 e. The number of aryl methyl sites for hydroxylation is 1. The van der Waals surface area contributed by atoms with Crippen molar-refractivity contribution in [1.82, 2.24) is 8.96 Å². The van der Waals surface area contributed by atoms with Crippen LogP contribution in [-0.4, -0.2) is 34.5 Å². The van der Waals surface area contributed by atoms with E-state index in [1.54, 1.807) is 30.3 Å². The van der Waals surface area contributed by atoms with E-state index in [4.69, 9.17) is 0 Å². The summed E-state index contributed by atoms with van der Waals surface area (Å²) >= 11 is 0. The fraction of sp³-hybridized carbons (Fsp3) is 0.133. The Morgan fingerprint density at radius 1 is 1.13 bits per heavy atom. The number of hydrogen-bond acceptors (Lipinski definition) is 5. The van der Waals surface area contributed by atoms with E-state index in [1.807, 2.05) is 6.92 Å². The lowest BCUT2D eigenvalue weighted by atomic mass is 9.86. The van der Waals surface area contributed by atoms with Gasteiger partial charge in [0, 0.05) is 11.1 Å². The summed E-state index contributed by atoms with van der Waals surface area (Å²) in [6, 6.07) is 12.8. The quantitative estimate of drug-likeness (QED) is 0.680. The van der Waals surface area contributed by atoms with E-state index >= 15 is 0 Å². The Kier molecular flexibility index (Phi) is 3.97. The minimum absolute atomic E-state index is 0.0584. The van der Waals surface area contributed by atoms with Crippen LogP contribution in [0.1, 0.15) is 12.6 Å². The van der Waals surface area contributed by atoms with Crippen molar-refractivity contribution >= 4 is 33.8 Å². The largest absolute Gasteiger partial charge is 0.507 e. The van der Waals surface area contributed by atoms with Gasteiger partial charge in [0.1, 0.15) is 0 Å². The van der Waals surface area contributed by atoms with E-state index in [2.05, 4.69) is 4.98 Å². The molecule has 0 unspecified atom stereocenters. The molecule has 0 fully saturated rings. The van der Waals surface area contributed by atoms with Crippen LogP contribution in [0.3, 0.4) is 0 Å². The lowest BCUT2D eigenvalue weighted by Gasteiger charge is -2.11. The molecule has 3 aromatic rings. The Labute approximate surface area is 134 Å². The van der Waals surface area contributed by atoms with Crippen LogP contribution in [0.15, 0.2) is 53.4 Å². The second-order valence-electron chi connectivity index (χ2n) is 5.09. The first kappa shape index (κ1) is 15.7. The predicted molar refractivity (Wildman–Crippen MR) is 88.0 cm³/mol. The van der Waals surface area contributed by atoms with Crippen molar-refractivity contribution in [3.8, 4) is 0 Å². The van der Waals surface area contributed by atoms with Gasteiger partial charge in [0.2, 0.25) is 0 Å². The molecule has 2 aromatic heterocycles. The molecule has 0 amide bonds. The van der Waals surface area contributed by atoms with Gasteiger partial charge in [-0.25, -0.2) is 17.4 Å². The summed E-state index contributed by atoms with van der Waals surface area (Å²) in [5.74, 6) is 0. The zero-order valence-corrected chi connectivity index (χ0v) is 13.2. The van der Waals surface area contributed by atoms with E-state index in [9.17, 15) is 18.5 Å². The standard InChI is InChI=1S/C15H15BN2O4S/c1-2-12-9-8-11-10-14(16(19)20)18(15(11)17-12)23(21,22)13-6-4-3-5-7-13/h3-10,19-20H,2H2,1H3. The van der Waals surface area contributed by atoms with Gasteiger partial charge in [-0.3, -0.25) is 0 Å². The molecule has 0 radical (unpaired) electrons. The SMILES string of the molecule is CCc1ccc2cc(B(O)O)n(S(=O)(=O)c3ccccc3)c2n1. The van der Waals surface area contributed by atoms with Crippen molar-refractivity contribution in [1.29, 1.82) is 0 Å². The number of rotatable bonds is 4. The summed E-state index contributed by atoms with van der Waals surface area (Å²) < 4.78 is 26.8. The second kappa shape index (κ2) is 5.80. The molecule has 118 valence electrons. The fourth-order valence-electron chi connectivity index (χ4n) is 2.44. The van der Waals surface area contributed by atoms with Crippen molar-refractivity contribution in [3.05, 3.63) is 54.2 Å². The van der Waals surface area contributed by atoms with Gasteiger partial charge >= 0.3 is 7.12 Å². The molecule has 0 saturated carbocycles. The van der Waals surface area contributed by atoms with Crippen molar-refractivity contribution in [2.75, 3.05) is 0 Å². The third-order valence-corrected chi connectivity index (χ3v) is 5.33. The maximum atomic E-state index is 12.9. The highest BCUT2D eigenvalue weighted by molar-refractivity contribution is 7.90.